The van der Waals surface area contributed by atoms with Gasteiger partial charge in [0.1, 0.15) is 12.4 Å². The molecular weight excluding hydrogens is 465 g/mol. The van der Waals surface area contributed by atoms with Crippen molar-refractivity contribution < 1.29 is 14.3 Å². The molecule has 28 heavy (non-hydrogen) atoms. The first kappa shape index (κ1) is 18.4. The molecule has 0 spiro atoms. The molecule has 4 rings (SSSR count). The van der Waals surface area contributed by atoms with E-state index < -0.39 is 5.97 Å². The number of carbonyl (C=O) groups excluding carboxylic acids is 1. The number of esters is 1. The fraction of sp³-hybridized carbons (Fsp3) is 0.0435. The minimum absolute atomic E-state index is 0.284. The molecule has 0 radical (unpaired) electrons. The molecule has 3 aromatic carbocycles. The highest BCUT2D eigenvalue weighted by Crippen LogP contribution is 2.21. The number of hydrogen-bond donors (Lipinski definition) is 0. The molecule has 0 N–H and O–H groups in total. The van der Waals surface area contributed by atoms with E-state index in [2.05, 4.69) is 27.6 Å². The van der Waals surface area contributed by atoms with E-state index in [1.807, 2.05) is 78.9 Å². The van der Waals surface area contributed by atoms with Crippen molar-refractivity contribution in [1.29, 1.82) is 0 Å². The van der Waals surface area contributed by atoms with Crippen molar-refractivity contribution in [3.8, 4) is 5.75 Å². The number of aliphatic imine (C=N–C) groups is 1. The highest BCUT2D eigenvalue weighted by molar-refractivity contribution is 14.1. The lowest BCUT2D eigenvalue weighted by Gasteiger charge is -2.06. The maximum Gasteiger partial charge on any atom is 0.363 e. The van der Waals surface area contributed by atoms with Gasteiger partial charge in [-0.15, -0.1) is 0 Å². The van der Waals surface area contributed by atoms with Gasteiger partial charge in [-0.25, -0.2) is 9.79 Å². The summed E-state index contributed by atoms with van der Waals surface area (Å²) in [5.74, 6) is 0.652. The SMILES string of the molecule is O=C1OC(c2cccc(I)c2)=N/C1=C\c1ccc(OCc2ccccc2)cc1. The summed E-state index contributed by atoms with van der Waals surface area (Å²) in [5, 5.41) is 0. The van der Waals surface area contributed by atoms with Crippen molar-refractivity contribution in [2.75, 3.05) is 0 Å². The van der Waals surface area contributed by atoms with Crippen molar-refractivity contribution in [3.63, 3.8) is 0 Å². The lowest BCUT2D eigenvalue weighted by atomic mass is 10.2. The molecule has 0 saturated carbocycles. The average Bonchev–Trinajstić information content (AvgIpc) is 3.09. The number of cyclic esters (lactones) is 1. The first-order valence-electron chi connectivity index (χ1n) is 8.73. The van der Waals surface area contributed by atoms with Gasteiger partial charge in [0, 0.05) is 9.13 Å². The van der Waals surface area contributed by atoms with Gasteiger partial charge in [0.25, 0.3) is 0 Å². The van der Waals surface area contributed by atoms with E-state index in [9.17, 15) is 4.79 Å². The lowest BCUT2D eigenvalue weighted by Crippen LogP contribution is -2.05. The van der Waals surface area contributed by atoms with Gasteiger partial charge in [-0.3, -0.25) is 0 Å². The van der Waals surface area contributed by atoms with Crippen molar-refractivity contribution in [2.24, 2.45) is 4.99 Å². The number of halogens is 1. The largest absolute Gasteiger partial charge is 0.489 e. The van der Waals surface area contributed by atoms with Gasteiger partial charge in [0.2, 0.25) is 5.90 Å². The smallest absolute Gasteiger partial charge is 0.363 e. The quantitative estimate of drug-likeness (QED) is 0.286. The number of carbonyl (C=O) groups is 1. The van der Waals surface area contributed by atoms with E-state index in [4.69, 9.17) is 9.47 Å². The van der Waals surface area contributed by atoms with Gasteiger partial charge in [0.05, 0.1) is 0 Å². The van der Waals surface area contributed by atoms with Crippen LogP contribution in [0.2, 0.25) is 0 Å². The third-order valence-electron chi connectivity index (χ3n) is 4.12. The van der Waals surface area contributed by atoms with Crippen molar-refractivity contribution in [1.82, 2.24) is 0 Å². The summed E-state index contributed by atoms with van der Waals surface area (Å²) >= 11 is 2.21. The van der Waals surface area contributed by atoms with Crippen molar-refractivity contribution in [2.45, 2.75) is 6.61 Å². The Morgan fingerprint density at radius 3 is 2.50 bits per heavy atom. The predicted molar refractivity (Wildman–Crippen MR) is 117 cm³/mol. The second kappa shape index (κ2) is 8.39. The van der Waals surface area contributed by atoms with Gasteiger partial charge >= 0.3 is 5.97 Å². The molecule has 0 atom stereocenters. The normalized spacial score (nSPS) is 14.7. The zero-order valence-corrected chi connectivity index (χ0v) is 17.0. The standard InChI is InChI=1S/C23H16INO3/c24-19-8-4-7-18(14-19)22-25-21(23(26)28-22)13-16-9-11-20(12-10-16)27-15-17-5-2-1-3-6-17/h1-14H,15H2/b21-13-. The molecule has 1 heterocycles. The molecule has 0 aromatic heterocycles. The first-order chi connectivity index (χ1) is 13.7. The molecule has 0 amide bonds. The van der Waals surface area contributed by atoms with Crippen LogP contribution in [-0.4, -0.2) is 11.9 Å². The molecule has 0 fully saturated rings. The Morgan fingerprint density at radius 1 is 0.964 bits per heavy atom. The van der Waals surface area contributed by atoms with Gasteiger partial charge in [-0.2, -0.15) is 0 Å². The maximum absolute atomic E-state index is 12.1. The molecule has 0 aliphatic carbocycles. The Morgan fingerprint density at radius 2 is 1.75 bits per heavy atom. The highest BCUT2D eigenvalue weighted by Gasteiger charge is 2.24. The number of benzene rings is 3. The molecule has 5 heteroatoms. The maximum atomic E-state index is 12.1. The van der Waals surface area contributed by atoms with E-state index in [-0.39, 0.29) is 5.70 Å². The summed E-state index contributed by atoms with van der Waals surface area (Å²) in [4.78, 5) is 16.5. The van der Waals surface area contributed by atoms with Gasteiger partial charge in [0.15, 0.2) is 5.70 Å². The van der Waals surface area contributed by atoms with Crippen molar-refractivity contribution >= 4 is 40.5 Å². The van der Waals surface area contributed by atoms with Crippen LogP contribution in [0.3, 0.4) is 0 Å². The topological polar surface area (TPSA) is 47.9 Å². The third-order valence-corrected chi connectivity index (χ3v) is 4.79. The summed E-state index contributed by atoms with van der Waals surface area (Å²) in [7, 11) is 0. The molecule has 1 aliphatic heterocycles. The Bertz CT molecular complexity index is 1060. The summed E-state index contributed by atoms with van der Waals surface area (Å²) in [6.45, 7) is 0.511. The predicted octanol–water partition coefficient (Wildman–Crippen LogP) is 5.21. The van der Waals surface area contributed by atoms with E-state index in [1.54, 1.807) is 6.08 Å². The minimum Gasteiger partial charge on any atom is -0.489 e. The fourth-order valence-electron chi connectivity index (χ4n) is 2.71. The second-order valence-electron chi connectivity index (χ2n) is 6.19. The Labute approximate surface area is 176 Å². The second-order valence-corrected chi connectivity index (χ2v) is 7.44. The number of ether oxygens (including phenoxy) is 2. The van der Waals surface area contributed by atoms with Crippen LogP contribution in [0.15, 0.2) is 89.6 Å². The fourth-order valence-corrected chi connectivity index (χ4v) is 3.26. The lowest BCUT2D eigenvalue weighted by molar-refractivity contribution is -0.129. The minimum atomic E-state index is -0.446. The van der Waals surface area contributed by atoms with Crippen LogP contribution in [0.1, 0.15) is 16.7 Å². The molecule has 3 aromatic rings. The van der Waals surface area contributed by atoms with Crippen LogP contribution in [0, 0.1) is 3.57 Å². The van der Waals surface area contributed by atoms with Crippen LogP contribution in [0.25, 0.3) is 6.08 Å². The zero-order valence-electron chi connectivity index (χ0n) is 14.8. The molecule has 0 saturated heterocycles. The van der Waals surface area contributed by atoms with Crippen molar-refractivity contribution in [3.05, 3.63) is 105 Å². The number of rotatable bonds is 5. The molecule has 0 bridgehead atoms. The number of nitrogens with zero attached hydrogens (tertiary/aromatic N) is 1. The Hall–Kier alpha value is -2.93. The highest BCUT2D eigenvalue weighted by atomic mass is 127. The summed E-state index contributed by atoms with van der Waals surface area (Å²) in [6, 6.07) is 25.2. The molecule has 138 valence electrons. The van der Waals surface area contributed by atoms with Crippen LogP contribution in [0.4, 0.5) is 0 Å². The van der Waals surface area contributed by atoms with Gasteiger partial charge in [-0.1, -0.05) is 48.5 Å². The van der Waals surface area contributed by atoms with Crippen LogP contribution in [0.5, 0.6) is 5.75 Å². The Kier molecular flexibility index (Phi) is 5.53. The van der Waals surface area contributed by atoms with E-state index in [1.165, 1.54) is 0 Å². The van der Waals surface area contributed by atoms with Gasteiger partial charge in [-0.05, 0) is 70.1 Å². The van der Waals surface area contributed by atoms with E-state index >= 15 is 0 Å². The molecule has 4 nitrogen and oxygen atoms in total. The van der Waals surface area contributed by atoms with Crippen LogP contribution >= 0.6 is 22.6 Å². The molecule has 0 unspecified atom stereocenters. The zero-order chi connectivity index (χ0) is 19.3. The van der Waals surface area contributed by atoms with E-state index in [0.29, 0.717) is 12.5 Å². The summed E-state index contributed by atoms with van der Waals surface area (Å²) in [5.41, 5.74) is 3.03. The Balaban J connectivity index is 1.47. The monoisotopic (exact) mass is 481 g/mol. The van der Waals surface area contributed by atoms with Gasteiger partial charge < -0.3 is 9.47 Å². The first-order valence-corrected chi connectivity index (χ1v) is 9.80. The number of hydrogen-bond acceptors (Lipinski definition) is 4. The van der Waals surface area contributed by atoms with E-state index in [0.717, 1.165) is 26.0 Å². The summed E-state index contributed by atoms with van der Waals surface area (Å²) in [6.07, 6.45) is 1.71. The average molecular weight is 481 g/mol. The van der Waals surface area contributed by atoms with Crippen LogP contribution < -0.4 is 4.74 Å². The summed E-state index contributed by atoms with van der Waals surface area (Å²) < 4.78 is 12.2. The third kappa shape index (κ3) is 4.48. The molecule has 1 aliphatic rings. The van der Waals surface area contributed by atoms with Crippen LogP contribution in [-0.2, 0) is 16.1 Å². The molecular formula is C23H16INO3.